The number of alkyl halides is 1. The number of carbonyl (C=O) groups excluding carboxylic acids is 1. The van der Waals surface area contributed by atoms with E-state index in [2.05, 4.69) is 27.3 Å². The summed E-state index contributed by atoms with van der Waals surface area (Å²) in [7, 11) is 0. The third-order valence-corrected chi connectivity index (χ3v) is 5.67. The highest BCUT2D eigenvalue weighted by molar-refractivity contribution is 5.91. The molecule has 1 aromatic heterocycles. The number of benzene rings is 1. The quantitative estimate of drug-likeness (QED) is 0.881. The molecule has 0 spiro atoms. The summed E-state index contributed by atoms with van der Waals surface area (Å²) in [5, 5.41) is 13.9. The molecule has 1 amide bonds. The van der Waals surface area contributed by atoms with Gasteiger partial charge in [-0.15, -0.1) is 0 Å². The molecule has 2 atom stereocenters. The number of nitrogens with one attached hydrogen (secondary N) is 1. The summed E-state index contributed by atoms with van der Waals surface area (Å²) in [6.45, 7) is 1.91. The number of nitriles is 1. The number of hydrogen-bond acceptors (Lipinski definition) is 5. The van der Waals surface area contributed by atoms with Crippen LogP contribution in [0.3, 0.4) is 0 Å². The summed E-state index contributed by atoms with van der Waals surface area (Å²) < 4.78 is 13.5. The average molecular weight is 381 g/mol. The van der Waals surface area contributed by atoms with Gasteiger partial charge in [-0.25, -0.2) is 4.39 Å². The number of nitrogens with zero attached hydrogens (tertiary/aromatic N) is 4. The Balaban J connectivity index is 1.31. The first-order valence-electron chi connectivity index (χ1n) is 9.80. The predicted octanol–water partition coefficient (Wildman–Crippen LogP) is 2.57. The van der Waals surface area contributed by atoms with Gasteiger partial charge in [-0.1, -0.05) is 6.07 Å². The zero-order chi connectivity index (χ0) is 19.5. The lowest BCUT2D eigenvalue weighted by Crippen LogP contribution is -2.46. The molecule has 2 fully saturated rings. The molecule has 0 unspecified atom stereocenters. The van der Waals surface area contributed by atoms with E-state index < -0.39 is 12.2 Å². The van der Waals surface area contributed by atoms with E-state index in [1.165, 1.54) is 4.90 Å². The Morgan fingerprint density at radius 1 is 1.29 bits per heavy atom. The number of halogens is 1. The second-order valence-electron chi connectivity index (χ2n) is 7.59. The maximum Gasteiger partial charge on any atom is 0.237 e. The van der Waals surface area contributed by atoms with Crippen molar-refractivity contribution < 1.29 is 9.18 Å². The van der Waals surface area contributed by atoms with Crippen molar-refractivity contribution in [2.45, 2.75) is 37.5 Å². The van der Waals surface area contributed by atoms with Crippen molar-refractivity contribution in [1.29, 1.82) is 5.26 Å². The summed E-state index contributed by atoms with van der Waals surface area (Å²) in [6, 6.07) is 11.8. The van der Waals surface area contributed by atoms with E-state index in [1.54, 1.807) is 6.20 Å². The molecule has 1 N–H and O–H groups in total. The number of anilines is 1. The van der Waals surface area contributed by atoms with Gasteiger partial charge in [0.15, 0.2) is 0 Å². The zero-order valence-electron chi connectivity index (χ0n) is 15.7. The summed E-state index contributed by atoms with van der Waals surface area (Å²) in [4.78, 5) is 20.4. The van der Waals surface area contributed by atoms with Crippen LogP contribution >= 0.6 is 0 Å². The Labute approximate surface area is 163 Å². The first-order valence-corrected chi connectivity index (χ1v) is 9.80. The fraction of sp³-hybridized carbons (Fsp3) is 0.476. The Hall–Kier alpha value is -2.72. The van der Waals surface area contributed by atoms with E-state index in [0.29, 0.717) is 6.04 Å². The molecular formula is C21H24FN5O. The minimum atomic E-state index is -1.08. The van der Waals surface area contributed by atoms with Crippen molar-refractivity contribution in [3.05, 3.63) is 36.5 Å². The average Bonchev–Trinajstić information content (AvgIpc) is 3.11. The van der Waals surface area contributed by atoms with Crippen molar-refractivity contribution >= 4 is 22.5 Å². The van der Waals surface area contributed by atoms with Crippen LogP contribution < -0.4 is 5.32 Å². The minimum Gasteiger partial charge on any atom is -0.382 e. The lowest BCUT2D eigenvalue weighted by molar-refractivity contribution is -0.132. The van der Waals surface area contributed by atoms with Crippen molar-refractivity contribution in [3.8, 4) is 6.07 Å². The molecule has 1 aromatic carbocycles. The summed E-state index contributed by atoms with van der Waals surface area (Å²) in [6.07, 6.45) is 2.70. The summed E-state index contributed by atoms with van der Waals surface area (Å²) >= 11 is 0. The molecule has 0 aliphatic carbocycles. The molecule has 28 heavy (non-hydrogen) atoms. The van der Waals surface area contributed by atoms with Crippen molar-refractivity contribution in [2.24, 2.45) is 0 Å². The van der Waals surface area contributed by atoms with Gasteiger partial charge in [0.05, 0.1) is 24.7 Å². The van der Waals surface area contributed by atoms with Gasteiger partial charge in [-0.05, 0) is 37.1 Å². The van der Waals surface area contributed by atoms with Crippen molar-refractivity contribution in [2.75, 3.05) is 31.5 Å². The van der Waals surface area contributed by atoms with E-state index in [1.807, 2.05) is 24.3 Å². The van der Waals surface area contributed by atoms with Crippen molar-refractivity contribution in [3.63, 3.8) is 0 Å². The second-order valence-corrected chi connectivity index (χ2v) is 7.59. The molecule has 2 aromatic rings. The smallest absolute Gasteiger partial charge is 0.237 e. The van der Waals surface area contributed by atoms with Crippen LogP contribution in [0.2, 0.25) is 0 Å². The van der Waals surface area contributed by atoms with Gasteiger partial charge in [-0.3, -0.25) is 14.7 Å². The van der Waals surface area contributed by atoms with Gasteiger partial charge < -0.3 is 10.2 Å². The van der Waals surface area contributed by atoms with Crippen LogP contribution in [0, 0.1) is 11.3 Å². The number of rotatable bonds is 4. The number of fused-ring (bicyclic) bond motifs is 1. The highest BCUT2D eigenvalue weighted by Crippen LogP contribution is 2.25. The summed E-state index contributed by atoms with van der Waals surface area (Å²) in [5.74, 6) is -0.141. The Bertz CT molecular complexity index is 884. The normalized spacial score (nSPS) is 23.6. The highest BCUT2D eigenvalue weighted by atomic mass is 19.1. The molecule has 2 saturated heterocycles. The van der Waals surface area contributed by atoms with E-state index in [-0.39, 0.29) is 25.4 Å². The van der Waals surface area contributed by atoms with Crippen LogP contribution in [-0.4, -0.2) is 65.1 Å². The number of piperidine rings is 1. The third kappa shape index (κ3) is 3.92. The topological polar surface area (TPSA) is 72.3 Å². The van der Waals surface area contributed by atoms with E-state index >= 15 is 0 Å². The molecule has 2 aliphatic heterocycles. The molecule has 2 aliphatic rings. The number of likely N-dealkylation sites (tertiary alicyclic amines) is 2. The minimum absolute atomic E-state index is 0.0458. The lowest BCUT2D eigenvalue weighted by atomic mass is 10.0. The fourth-order valence-electron chi connectivity index (χ4n) is 4.15. The lowest BCUT2D eigenvalue weighted by Gasteiger charge is -2.33. The van der Waals surface area contributed by atoms with Crippen LogP contribution in [0.25, 0.3) is 10.9 Å². The Kier molecular flexibility index (Phi) is 5.40. The van der Waals surface area contributed by atoms with Crippen molar-refractivity contribution in [1.82, 2.24) is 14.8 Å². The van der Waals surface area contributed by atoms with Gasteiger partial charge in [-0.2, -0.15) is 5.26 Å². The monoisotopic (exact) mass is 381 g/mol. The van der Waals surface area contributed by atoms with Crippen LogP contribution in [0.15, 0.2) is 36.5 Å². The van der Waals surface area contributed by atoms with Crippen LogP contribution in [0.5, 0.6) is 0 Å². The van der Waals surface area contributed by atoms with E-state index in [9.17, 15) is 9.18 Å². The molecule has 0 radical (unpaired) electrons. The molecule has 146 valence electrons. The van der Waals surface area contributed by atoms with E-state index in [4.69, 9.17) is 5.26 Å². The van der Waals surface area contributed by atoms with Gasteiger partial charge in [0.1, 0.15) is 12.2 Å². The first-order chi connectivity index (χ1) is 13.6. The molecule has 0 saturated carbocycles. The standard InChI is InChI=1S/C21H24FN5O/c22-15-11-17(12-23)27(13-15)21(28)14-26-9-6-16(7-10-26)25-20-5-1-4-19-18(20)3-2-8-24-19/h1-5,8,15-17,25H,6-7,9-11,13-14H2/t15-,17-/m0/s1. The number of aromatic nitrogens is 1. The van der Waals surface area contributed by atoms with Gasteiger partial charge in [0, 0.05) is 42.8 Å². The first kappa shape index (κ1) is 18.6. The number of pyridine rings is 1. The maximum atomic E-state index is 13.5. The van der Waals surface area contributed by atoms with Gasteiger partial charge in [0.25, 0.3) is 0 Å². The molecule has 7 heteroatoms. The van der Waals surface area contributed by atoms with Gasteiger partial charge >= 0.3 is 0 Å². The largest absolute Gasteiger partial charge is 0.382 e. The molecule has 3 heterocycles. The SMILES string of the molecule is N#C[C@@H]1C[C@H](F)CN1C(=O)CN1CCC(Nc2cccc3ncccc23)CC1. The van der Waals surface area contributed by atoms with Crippen LogP contribution in [-0.2, 0) is 4.79 Å². The van der Waals surface area contributed by atoms with Gasteiger partial charge in [0.2, 0.25) is 5.91 Å². The molecule has 0 bridgehead atoms. The predicted molar refractivity (Wildman–Crippen MR) is 105 cm³/mol. The third-order valence-electron chi connectivity index (χ3n) is 5.67. The zero-order valence-corrected chi connectivity index (χ0v) is 15.7. The highest BCUT2D eigenvalue weighted by Gasteiger charge is 2.36. The molecular weight excluding hydrogens is 357 g/mol. The Morgan fingerprint density at radius 3 is 2.89 bits per heavy atom. The number of carbonyl (C=O) groups is 1. The van der Waals surface area contributed by atoms with E-state index in [0.717, 1.165) is 42.5 Å². The summed E-state index contributed by atoms with van der Waals surface area (Å²) in [5.41, 5.74) is 2.06. The molecule has 4 rings (SSSR count). The van der Waals surface area contributed by atoms with Crippen LogP contribution in [0.4, 0.5) is 10.1 Å². The van der Waals surface area contributed by atoms with Crippen LogP contribution in [0.1, 0.15) is 19.3 Å². The Morgan fingerprint density at radius 2 is 2.11 bits per heavy atom. The molecule has 6 nitrogen and oxygen atoms in total. The number of hydrogen-bond donors (Lipinski definition) is 1. The maximum absolute atomic E-state index is 13.5. The fourth-order valence-corrected chi connectivity index (χ4v) is 4.15. The number of amides is 1. The second kappa shape index (κ2) is 8.11.